The zero-order valence-electron chi connectivity index (χ0n) is 28.2. The highest BCUT2D eigenvalue weighted by Crippen LogP contribution is 2.57. The third-order valence-electron chi connectivity index (χ3n) is 9.39. The molecule has 4 aromatic rings. The van der Waals surface area contributed by atoms with E-state index in [2.05, 4.69) is 31.1 Å². The molecule has 49 heavy (non-hydrogen) atoms. The number of benzene rings is 3. The molecule has 2 N–H and O–H groups in total. The van der Waals surface area contributed by atoms with Crippen LogP contribution in [0.25, 0.3) is 10.9 Å². The molecule has 9 nitrogen and oxygen atoms in total. The SMILES string of the molecule is CCNC(=O)N1CCN(C(=O)[C@]2(Sc3ccc(C)cc3)CC(=O)N(C(CN(C)C)c3ccc(Br)cc3)[C@H]2c2c[nH]c3cc(Cl)ccc23)CC1. The average Bonchev–Trinajstić information content (AvgIpc) is 3.62. The van der Waals surface area contributed by atoms with Crippen LogP contribution in [0.3, 0.4) is 0 Å². The van der Waals surface area contributed by atoms with Crippen LogP contribution >= 0.6 is 39.3 Å². The highest BCUT2D eigenvalue weighted by molar-refractivity contribution is 9.10. The van der Waals surface area contributed by atoms with Crippen molar-refractivity contribution in [1.82, 2.24) is 29.9 Å². The molecule has 258 valence electrons. The van der Waals surface area contributed by atoms with Gasteiger partial charge in [-0.15, -0.1) is 11.8 Å². The molecular weight excluding hydrogens is 724 g/mol. The Kier molecular flexibility index (Phi) is 10.6. The molecule has 6 rings (SSSR count). The number of amides is 4. The zero-order valence-corrected chi connectivity index (χ0v) is 31.4. The second-order valence-corrected chi connectivity index (χ2v) is 15.8. The highest BCUT2D eigenvalue weighted by Gasteiger charge is 2.61. The van der Waals surface area contributed by atoms with Crippen LogP contribution in [0.1, 0.15) is 42.1 Å². The van der Waals surface area contributed by atoms with E-state index in [0.717, 1.165) is 37.0 Å². The Bertz CT molecular complexity index is 1830. The van der Waals surface area contributed by atoms with E-state index in [1.807, 2.05) is 111 Å². The van der Waals surface area contributed by atoms with E-state index >= 15 is 4.79 Å². The van der Waals surface area contributed by atoms with Gasteiger partial charge >= 0.3 is 6.03 Å². The monoisotopic (exact) mass is 764 g/mol. The topological polar surface area (TPSA) is 92.0 Å². The number of aromatic nitrogens is 1. The van der Waals surface area contributed by atoms with E-state index in [4.69, 9.17) is 11.6 Å². The second-order valence-electron chi connectivity index (χ2n) is 13.1. The number of likely N-dealkylation sites (N-methyl/N-ethyl adjacent to an activating group) is 1. The molecule has 1 unspecified atom stereocenters. The highest BCUT2D eigenvalue weighted by atomic mass is 79.9. The minimum atomic E-state index is -1.21. The number of hydrogen-bond donors (Lipinski definition) is 2. The summed E-state index contributed by atoms with van der Waals surface area (Å²) < 4.78 is -0.265. The first-order valence-electron chi connectivity index (χ1n) is 16.6. The van der Waals surface area contributed by atoms with Gasteiger partial charge in [-0.25, -0.2) is 4.79 Å². The molecule has 4 amide bonds. The Hall–Kier alpha value is -3.51. The minimum Gasteiger partial charge on any atom is -0.361 e. The van der Waals surface area contributed by atoms with Crippen molar-refractivity contribution in [3.63, 3.8) is 0 Å². The van der Waals surface area contributed by atoms with Gasteiger partial charge in [0.2, 0.25) is 11.8 Å². The Morgan fingerprint density at radius 1 is 1.04 bits per heavy atom. The summed E-state index contributed by atoms with van der Waals surface area (Å²) in [5, 5.41) is 4.38. The van der Waals surface area contributed by atoms with Crippen LogP contribution in [0.4, 0.5) is 4.79 Å². The number of piperazine rings is 1. The van der Waals surface area contributed by atoms with Crippen molar-refractivity contribution in [3.8, 4) is 0 Å². The summed E-state index contributed by atoms with van der Waals surface area (Å²) in [5.74, 6) is -0.186. The third kappa shape index (κ3) is 7.22. The van der Waals surface area contributed by atoms with Gasteiger partial charge in [0.15, 0.2) is 0 Å². The molecule has 3 heterocycles. The first-order valence-corrected chi connectivity index (χ1v) is 18.5. The minimum absolute atomic E-state index is 0.0201. The Morgan fingerprint density at radius 2 is 1.71 bits per heavy atom. The molecule has 2 aliphatic heterocycles. The smallest absolute Gasteiger partial charge is 0.317 e. The van der Waals surface area contributed by atoms with Gasteiger partial charge in [0.1, 0.15) is 4.75 Å². The van der Waals surface area contributed by atoms with E-state index in [9.17, 15) is 9.59 Å². The van der Waals surface area contributed by atoms with Crippen LogP contribution in [0.2, 0.25) is 5.02 Å². The summed E-state index contributed by atoms with van der Waals surface area (Å²) in [6.45, 7) is 6.61. The summed E-state index contributed by atoms with van der Waals surface area (Å²) in [4.78, 5) is 54.8. The lowest BCUT2D eigenvalue weighted by atomic mass is 9.89. The summed E-state index contributed by atoms with van der Waals surface area (Å²) in [7, 11) is 4.01. The van der Waals surface area contributed by atoms with Crippen molar-refractivity contribution in [1.29, 1.82) is 0 Å². The normalized spacial score (nSPS) is 20.3. The van der Waals surface area contributed by atoms with E-state index in [1.165, 1.54) is 11.8 Å². The maximum absolute atomic E-state index is 15.4. The number of urea groups is 1. The number of hydrogen-bond acceptors (Lipinski definition) is 5. The van der Waals surface area contributed by atoms with E-state index < -0.39 is 10.8 Å². The number of aromatic amines is 1. The van der Waals surface area contributed by atoms with E-state index in [1.54, 1.807) is 4.90 Å². The van der Waals surface area contributed by atoms with Crippen molar-refractivity contribution < 1.29 is 14.4 Å². The second kappa shape index (κ2) is 14.8. The number of nitrogens with zero attached hydrogens (tertiary/aromatic N) is 4. The van der Waals surface area contributed by atoms with E-state index in [-0.39, 0.29) is 30.3 Å². The zero-order chi connectivity index (χ0) is 34.9. The summed E-state index contributed by atoms with van der Waals surface area (Å²) in [5.41, 5.74) is 3.80. The molecule has 12 heteroatoms. The van der Waals surface area contributed by atoms with Crippen molar-refractivity contribution in [3.05, 3.63) is 99.1 Å². The molecule has 0 bridgehead atoms. The molecule has 2 aliphatic rings. The number of halogens is 2. The first kappa shape index (κ1) is 35.3. The van der Waals surface area contributed by atoms with Crippen LogP contribution in [-0.2, 0) is 9.59 Å². The molecule has 1 aromatic heterocycles. The molecule has 0 saturated carbocycles. The summed E-state index contributed by atoms with van der Waals surface area (Å²) in [6.07, 6.45) is 1.96. The van der Waals surface area contributed by atoms with E-state index in [0.29, 0.717) is 44.3 Å². The molecule has 3 aromatic carbocycles. The lowest BCUT2D eigenvalue weighted by Gasteiger charge is -2.44. The van der Waals surface area contributed by atoms with Crippen LogP contribution in [0, 0.1) is 6.92 Å². The molecule has 0 aliphatic carbocycles. The van der Waals surface area contributed by atoms with Gasteiger partial charge in [0, 0.05) is 76.3 Å². The number of aryl methyl sites for hydroxylation is 1. The van der Waals surface area contributed by atoms with Crippen molar-refractivity contribution in [2.75, 3.05) is 53.4 Å². The van der Waals surface area contributed by atoms with Crippen molar-refractivity contribution in [2.24, 2.45) is 0 Å². The molecule has 0 radical (unpaired) electrons. The largest absolute Gasteiger partial charge is 0.361 e. The fourth-order valence-corrected chi connectivity index (χ4v) is 8.95. The fourth-order valence-electron chi connectivity index (χ4n) is 7.06. The van der Waals surface area contributed by atoms with Gasteiger partial charge in [-0.3, -0.25) is 9.59 Å². The molecule has 3 atom stereocenters. The number of carbonyl (C=O) groups excluding carboxylic acids is 3. The molecule has 2 fully saturated rings. The van der Waals surface area contributed by atoms with Gasteiger partial charge in [0.05, 0.1) is 18.5 Å². The predicted octanol–water partition coefficient (Wildman–Crippen LogP) is 6.87. The molecule has 0 spiro atoms. The number of nitrogens with one attached hydrogen (secondary N) is 2. The van der Waals surface area contributed by atoms with Crippen molar-refractivity contribution in [2.45, 2.75) is 42.0 Å². The maximum Gasteiger partial charge on any atom is 0.317 e. The number of likely N-dealkylation sites (tertiary alicyclic amines) is 1. The first-order chi connectivity index (χ1) is 23.5. The van der Waals surface area contributed by atoms with Gasteiger partial charge in [-0.2, -0.15) is 0 Å². The quantitative estimate of drug-likeness (QED) is 0.194. The Morgan fingerprint density at radius 3 is 2.37 bits per heavy atom. The van der Waals surface area contributed by atoms with Crippen molar-refractivity contribution >= 4 is 68.0 Å². The lowest BCUT2D eigenvalue weighted by molar-refractivity contribution is -0.136. The summed E-state index contributed by atoms with van der Waals surface area (Å²) >= 11 is 11.5. The average molecular weight is 766 g/mol. The van der Waals surface area contributed by atoms with Gasteiger partial charge in [-0.1, -0.05) is 63.4 Å². The number of carbonyl (C=O) groups is 3. The summed E-state index contributed by atoms with van der Waals surface area (Å²) in [6, 6.07) is 20.8. The lowest BCUT2D eigenvalue weighted by Crippen LogP contribution is -2.58. The number of H-pyrrole nitrogens is 1. The molecule has 2 saturated heterocycles. The van der Waals surface area contributed by atoms with Gasteiger partial charge in [-0.05, 0) is 69.9 Å². The molecular formula is C37H42BrClN6O3S. The number of fused-ring (bicyclic) bond motifs is 1. The maximum atomic E-state index is 15.4. The number of rotatable bonds is 9. The van der Waals surface area contributed by atoms with Gasteiger partial charge in [0.25, 0.3) is 0 Å². The Labute approximate surface area is 305 Å². The van der Waals surface area contributed by atoms with Crippen LogP contribution in [0.5, 0.6) is 0 Å². The van der Waals surface area contributed by atoms with Crippen LogP contribution < -0.4 is 5.32 Å². The van der Waals surface area contributed by atoms with Gasteiger partial charge < -0.3 is 29.9 Å². The predicted molar refractivity (Wildman–Crippen MR) is 200 cm³/mol. The van der Waals surface area contributed by atoms with Crippen LogP contribution in [0.15, 0.2) is 82.3 Å². The Balaban J connectivity index is 1.53. The van der Waals surface area contributed by atoms with Crippen LogP contribution in [-0.4, -0.2) is 101 Å². The standard InChI is InChI=1S/C37H42BrClN6O3S/c1-5-40-36(48)44-18-16-43(17-19-44)35(47)37(49-28-13-6-24(2)7-14-28)21-33(46)45(32(23-42(3)4)25-8-10-26(38)11-9-25)34(37)30-22-41-31-20-27(39)12-15-29(30)31/h6-15,20,22,32,34,41H,5,16-19,21,23H2,1-4H3,(H,40,48)/t32?,34-,37-/m0/s1. The number of thioether (sulfide) groups is 1. The fraction of sp³-hybridized carbons (Fsp3) is 0.378. The third-order valence-corrected chi connectivity index (χ3v) is 11.6.